The molecule has 1 N–H and O–H groups in total. The molecule has 2 heterocycles. The molecule has 5 amide bonds. The van der Waals surface area contributed by atoms with E-state index < -0.39 is 30.3 Å². The van der Waals surface area contributed by atoms with E-state index in [-0.39, 0.29) is 18.5 Å². The standard InChI is InChI=1S/C20H25N3O6/c1-4-7-22-18(25)19(26)23(20(22)27)11-16(24)21-17(12(2)3)13-5-6-14-15(10-13)29-9-8-28-14/h5-6,10,12,17H,4,7-9,11H2,1-3H3,(H,21,24)/t17-/m1/s1. The molecule has 2 aliphatic rings. The minimum Gasteiger partial charge on any atom is -0.486 e. The molecule has 3 rings (SSSR count). The van der Waals surface area contributed by atoms with E-state index in [4.69, 9.17) is 9.47 Å². The number of nitrogens with zero attached hydrogens (tertiary/aromatic N) is 2. The van der Waals surface area contributed by atoms with E-state index in [1.807, 2.05) is 26.0 Å². The molecule has 2 aliphatic heterocycles. The molecule has 0 radical (unpaired) electrons. The smallest absolute Gasteiger partial charge is 0.334 e. The van der Waals surface area contributed by atoms with Crippen molar-refractivity contribution in [3.63, 3.8) is 0 Å². The van der Waals surface area contributed by atoms with Gasteiger partial charge in [0.1, 0.15) is 19.8 Å². The predicted molar refractivity (Wildman–Crippen MR) is 102 cm³/mol. The third-order valence-corrected chi connectivity index (χ3v) is 4.79. The number of amides is 5. The molecule has 0 spiro atoms. The van der Waals surface area contributed by atoms with Crippen LogP contribution in [0.4, 0.5) is 4.79 Å². The average molecular weight is 403 g/mol. The highest BCUT2D eigenvalue weighted by Gasteiger charge is 2.44. The van der Waals surface area contributed by atoms with Crippen LogP contribution in [0.2, 0.25) is 0 Å². The third-order valence-electron chi connectivity index (χ3n) is 4.79. The molecule has 29 heavy (non-hydrogen) atoms. The van der Waals surface area contributed by atoms with E-state index in [1.54, 1.807) is 13.0 Å². The summed E-state index contributed by atoms with van der Waals surface area (Å²) in [6.45, 7) is 6.27. The zero-order valence-electron chi connectivity index (χ0n) is 16.8. The van der Waals surface area contributed by atoms with Crippen LogP contribution >= 0.6 is 0 Å². The Morgan fingerprint density at radius 3 is 2.38 bits per heavy atom. The van der Waals surface area contributed by atoms with Gasteiger partial charge in [-0.3, -0.25) is 19.3 Å². The lowest BCUT2D eigenvalue weighted by atomic mass is 9.95. The summed E-state index contributed by atoms with van der Waals surface area (Å²) in [6, 6.07) is 4.33. The van der Waals surface area contributed by atoms with Gasteiger partial charge < -0.3 is 14.8 Å². The lowest BCUT2D eigenvalue weighted by molar-refractivity contribution is -0.144. The van der Waals surface area contributed by atoms with Gasteiger partial charge in [0.05, 0.1) is 6.04 Å². The molecule has 0 saturated carbocycles. The predicted octanol–water partition coefficient (Wildman–Crippen LogP) is 1.47. The molecule has 156 valence electrons. The molecule has 9 heteroatoms. The maximum Gasteiger partial charge on any atom is 0.334 e. The molecule has 1 saturated heterocycles. The summed E-state index contributed by atoms with van der Waals surface area (Å²) in [6.07, 6.45) is 0.532. The van der Waals surface area contributed by atoms with Gasteiger partial charge in [-0.15, -0.1) is 0 Å². The molecule has 0 bridgehead atoms. The molecule has 1 fully saturated rings. The number of nitrogens with one attached hydrogen (secondary N) is 1. The molecule has 9 nitrogen and oxygen atoms in total. The van der Waals surface area contributed by atoms with Crippen LogP contribution in [0, 0.1) is 5.92 Å². The summed E-state index contributed by atoms with van der Waals surface area (Å²) < 4.78 is 11.1. The van der Waals surface area contributed by atoms with Crippen molar-refractivity contribution in [1.29, 1.82) is 0 Å². The van der Waals surface area contributed by atoms with Crippen molar-refractivity contribution in [2.75, 3.05) is 26.3 Å². The molecule has 1 atom stereocenters. The summed E-state index contributed by atoms with van der Waals surface area (Å²) in [5.41, 5.74) is 0.820. The highest BCUT2D eigenvalue weighted by atomic mass is 16.6. The third kappa shape index (κ3) is 4.18. The van der Waals surface area contributed by atoms with Crippen molar-refractivity contribution in [3.8, 4) is 11.5 Å². The quantitative estimate of drug-likeness (QED) is 0.546. The first-order valence-electron chi connectivity index (χ1n) is 9.69. The lowest BCUT2D eigenvalue weighted by Gasteiger charge is -2.26. The number of ether oxygens (including phenoxy) is 2. The summed E-state index contributed by atoms with van der Waals surface area (Å²) in [7, 11) is 0. The number of fused-ring (bicyclic) bond motifs is 1. The van der Waals surface area contributed by atoms with Gasteiger partial charge in [-0.1, -0.05) is 26.8 Å². The fraction of sp³-hybridized carbons (Fsp3) is 0.500. The average Bonchev–Trinajstić information content (AvgIpc) is 2.90. The number of hydrogen-bond donors (Lipinski definition) is 1. The van der Waals surface area contributed by atoms with Crippen LogP contribution in [-0.2, 0) is 14.4 Å². The fourth-order valence-electron chi connectivity index (χ4n) is 3.36. The van der Waals surface area contributed by atoms with E-state index in [0.717, 1.165) is 10.5 Å². The van der Waals surface area contributed by atoms with Crippen LogP contribution in [0.25, 0.3) is 0 Å². The van der Waals surface area contributed by atoms with Crippen LogP contribution in [0.15, 0.2) is 18.2 Å². The number of hydrogen-bond acceptors (Lipinski definition) is 6. The minimum atomic E-state index is -0.973. The second-order valence-electron chi connectivity index (χ2n) is 7.32. The van der Waals surface area contributed by atoms with Crippen LogP contribution in [-0.4, -0.2) is 59.9 Å². The Morgan fingerprint density at radius 1 is 1.07 bits per heavy atom. The molecule has 0 unspecified atom stereocenters. The molecule has 1 aromatic carbocycles. The van der Waals surface area contributed by atoms with Crippen LogP contribution in [0.1, 0.15) is 38.8 Å². The Bertz CT molecular complexity index is 838. The fourth-order valence-corrected chi connectivity index (χ4v) is 3.36. The van der Waals surface area contributed by atoms with Gasteiger partial charge >= 0.3 is 17.8 Å². The Hall–Kier alpha value is -3.10. The van der Waals surface area contributed by atoms with Gasteiger partial charge in [-0.2, -0.15) is 0 Å². The van der Waals surface area contributed by atoms with E-state index in [2.05, 4.69) is 5.32 Å². The van der Waals surface area contributed by atoms with E-state index in [1.165, 1.54) is 0 Å². The Labute approximate surface area is 168 Å². The van der Waals surface area contributed by atoms with Gasteiger partial charge in [0, 0.05) is 6.54 Å². The normalized spacial score (nSPS) is 17.2. The number of rotatable bonds is 7. The first-order valence-corrected chi connectivity index (χ1v) is 9.69. The monoisotopic (exact) mass is 403 g/mol. The first kappa shape index (κ1) is 20.6. The zero-order valence-corrected chi connectivity index (χ0v) is 16.8. The van der Waals surface area contributed by atoms with Gasteiger partial charge in [0.15, 0.2) is 11.5 Å². The Balaban J connectivity index is 1.71. The summed E-state index contributed by atoms with van der Waals surface area (Å²) in [5, 5.41) is 2.86. The van der Waals surface area contributed by atoms with E-state index in [9.17, 15) is 19.2 Å². The van der Waals surface area contributed by atoms with Crippen molar-refractivity contribution in [2.45, 2.75) is 33.2 Å². The Kier molecular flexibility index (Phi) is 6.05. The van der Waals surface area contributed by atoms with Crippen LogP contribution in [0.5, 0.6) is 11.5 Å². The second kappa shape index (κ2) is 8.50. The van der Waals surface area contributed by atoms with Crippen molar-refractivity contribution >= 4 is 23.8 Å². The minimum absolute atomic E-state index is 0.0321. The summed E-state index contributed by atoms with van der Waals surface area (Å²) in [5.74, 6) is -1.09. The SMILES string of the molecule is CCCN1C(=O)C(=O)N(CC(=O)N[C@@H](c2ccc3c(c2)OCCO3)C(C)C)C1=O. The molecular weight excluding hydrogens is 378 g/mol. The van der Waals surface area contributed by atoms with E-state index in [0.29, 0.717) is 36.0 Å². The van der Waals surface area contributed by atoms with Crippen LogP contribution < -0.4 is 14.8 Å². The van der Waals surface area contributed by atoms with Crippen molar-refractivity contribution in [1.82, 2.24) is 15.1 Å². The van der Waals surface area contributed by atoms with Crippen molar-refractivity contribution in [2.24, 2.45) is 5.92 Å². The number of urea groups is 1. The second-order valence-corrected chi connectivity index (χ2v) is 7.32. The number of carbonyl (C=O) groups is 4. The lowest BCUT2D eigenvalue weighted by Crippen LogP contribution is -2.43. The molecule has 1 aromatic rings. The van der Waals surface area contributed by atoms with Gasteiger partial charge in [-0.05, 0) is 30.0 Å². The van der Waals surface area contributed by atoms with Gasteiger partial charge in [0.2, 0.25) is 5.91 Å². The van der Waals surface area contributed by atoms with Gasteiger partial charge in [-0.25, -0.2) is 9.69 Å². The van der Waals surface area contributed by atoms with Crippen molar-refractivity contribution < 1.29 is 28.7 Å². The van der Waals surface area contributed by atoms with E-state index >= 15 is 0 Å². The Morgan fingerprint density at radius 2 is 1.72 bits per heavy atom. The molecular formula is C20H25N3O6. The highest BCUT2D eigenvalue weighted by molar-refractivity contribution is 6.45. The molecule has 0 aromatic heterocycles. The topological polar surface area (TPSA) is 105 Å². The summed E-state index contributed by atoms with van der Waals surface area (Å²) in [4.78, 5) is 50.5. The number of benzene rings is 1. The first-order chi connectivity index (χ1) is 13.8. The maximum atomic E-state index is 12.6. The maximum absolute atomic E-state index is 12.6. The molecule has 0 aliphatic carbocycles. The van der Waals surface area contributed by atoms with Crippen molar-refractivity contribution in [3.05, 3.63) is 23.8 Å². The summed E-state index contributed by atoms with van der Waals surface area (Å²) >= 11 is 0. The number of imide groups is 2. The largest absolute Gasteiger partial charge is 0.486 e. The number of carbonyl (C=O) groups excluding carboxylic acids is 4. The van der Waals surface area contributed by atoms with Crippen LogP contribution in [0.3, 0.4) is 0 Å². The zero-order chi connectivity index (χ0) is 21.1. The highest BCUT2D eigenvalue weighted by Crippen LogP contribution is 2.34. The van der Waals surface area contributed by atoms with Gasteiger partial charge in [0.25, 0.3) is 0 Å².